The maximum Gasteiger partial charge on any atom is 0.472 e. The zero-order chi connectivity index (χ0) is 44.3. The van der Waals surface area contributed by atoms with Gasteiger partial charge in [-0.1, -0.05) is 197 Å². The highest BCUT2D eigenvalue weighted by Crippen LogP contribution is 2.43. The number of carbonyl (C=O) groups excluding carboxylic acids is 1. The summed E-state index contributed by atoms with van der Waals surface area (Å²) in [7, 11) is 1.54. The van der Waals surface area contributed by atoms with Crippen LogP contribution < -0.4 is 5.32 Å². The third kappa shape index (κ3) is 44.5. The molecule has 9 heteroatoms. The standard InChI is InChI=1S/C51H97N2O6P/c1-6-8-10-12-14-16-18-19-20-21-22-23-24-25-26-27-28-29-30-31-32-33-35-37-39-41-43-45-51(55)52-49(48-59-60(56,57)58-47-46-53(3,4)5)50(54)44-42-40-38-36-34-17-15-13-11-9-7-2/h11,13,21-22,34,36,42,44,49-50,54H,6-10,12,14-20,23-33,35,37-41,43,45-48H2,1-5H3,(H-,52,55,56,57)/p+1/b13-11+,22-21-,36-34+,44-42+. The van der Waals surface area contributed by atoms with Crippen molar-refractivity contribution >= 4 is 13.7 Å². The van der Waals surface area contributed by atoms with Crippen LogP contribution in [0.5, 0.6) is 0 Å². The maximum atomic E-state index is 12.9. The molecular formula is C51H98N2O6P+. The molecule has 0 saturated heterocycles. The number of nitrogens with zero attached hydrogens (tertiary/aromatic N) is 1. The first-order valence-corrected chi connectivity index (χ1v) is 26.5. The van der Waals surface area contributed by atoms with Crippen LogP contribution in [-0.4, -0.2) is 73.4 Å². The molecule has 8 nitrogen and oxygen atoms in total. The van der Waals surface area contributed by atoms with Crippen molar-refractivity contribution in [2.24, 2.45) is 0 Å². The monoisotopic (exact) mass is 866 g/mol. The van der Waals surface area contributed by atoms with Gasteiger partial charge in [0.1, 0.15) is 13.2 Å². The smallest absolute Gasteiger partial charge is 0.387 e. The number of hydrogen-bond acceptors (Lipinski definition) is 5. The zero-order valence-electron chi connectivity index (χ0n) is 39.9. The summed E-state index contributed by atoms with van der Waals surface area (Å²) in [5.41, 5.74) is 0. The van der Waals surface area contributed by atoms with Gasteiger partial charge in [0.25, 0.3) is 0 Å². The SMILES string of the molecule is CCC/C=C/CC/C=C/CC/C=C/C(O)C(COP(=O)(O)OCC[N+](C)(C)C)NC(=O)CCCCCCCCCCCCCCCCC/C=C\CCCCCCCCCC. The first-order chi connectivity index (χ1) is 29.0. The van der Waals surface area contributed by atoms with Crippen LogP contribution in [0.3, 0.4) is 0 Å². The Labute approximate surface area is 371 Å². The molecule has 352 valence electrons. The Hall–Kier alpha value is -1.54. The van der Waals surface area contributed by atoms with Gasteiger partial charge in [-0.15, -0.1) is 0 Å². The maximum absolute atomic E-state index is 12.9. The Bertz CT molecular complexity index is 1120. The fourth-order valence-corrected chi connectivity index (χ4v) is 7.75. The van der Waals surface area contributed by atoms with Crippen LogP contribution in [0.15, 0.2) is 48.6 Å². The van der Waals surface area contributed by atoms with Gasteiger partial charge in [-0.3, -0.25) is 13.8 Å². The van der Waals surface area contributed by atoms with Gasteiger partial charge >= 0.3 is 7.82 Å². The second-order valence-electron chi connectivity index (χ2n) is 18.2. The summed E-state index contributed by atoms with van der Waals surface area (Å²) in [5, 5.41) is 13.8. The molecule has 3 N–H and O–H groups in total. The summed E-state index contributed by atoms with van der Waals surface area (Å²) in [6.07, 6.45) is 55.0. The highest BCUT2D eigenvalue weighted by Gasteiger charge is 2.27. The van der Waals surface area contributed by atoms with Crippen molar-refractivity contribution in [2.45, 2.75) is 231 Å². The molecule has 0 radical (unpaired) electrons. The van der Waals surface area contributed by atoms with Gasteiger partial charge in [-0.2, -0.15) is 0 Å². The summed E-state index contributed by atoms with van der Waals surface area (Å²) in [6.45, 7) is 4.71. The lowest BCUT2D eigenvalue weighted by Crippen LogP contribution is -2.45. The average Bonchev–Trinajstić information content (AvgIpc) is 3.20. The van der Waals surface area contributed by atoms with Crippen LogP contribution in [0.25, 0.3) is 0 Å². The van der Waals surface area contributed by atoms with E-state index in [4.69, 9.17) is 9.05 Å². The first kappa shape index (κ1) is 58.5. The fourth-order valence-electron chi connectivity index (χ4n) is 7.02. The number of aliphatic hydroxyl groups excluding tert-OH is 1. The molecule has 0 aliphatic rings. The molecule has 0 fully saturated rings. The Morgan fingerprint density at radius 3 is 1.40 bits per heavy atom. The van der Waals surface area contributed by atoms with E-state index < -0.39 is 20.0 Å². The number of amides is 1. The molecule has 0 saturated carbocycles. The number of phosphoric acid groups is 1. The molecule has 0 aromatic rings. The normalized spacial score (nSPS) is 14.6. The van der Waals surface area contributed by atoms with E-state index in [0.29, 0.717) is 17.4 Å². The van der Waals surface area contributed by atoms with Crippen molar-refractivity contribution in [3.8, 4) is 0 Å². The first-order valence-electron chi connectivity index (χ1n) is 25.0. The van der Waals surface area contributed by atoms with E-state index in [2.05, 4.69) is 55.6 Å². The lowest BCUT2D eigenvalue weighted by Gasteiger charge is -2.25. The van der Waals surface area contributed by atoms with Crippen molar-refractivity contribution in [2.75, 3.05) is 40.9 Å². The Morgan fingerprint density at radius 1 is 0.550 bits per heavy atom. The van der Waals surface area contributed by atoms with Crippen molar-refractivity contribution in [1.29, 1.82) is 0 Å². The van der Waals surface area contributed by atoms with Gasteiger partial charge in [0.05, 0.1) is 39.9 Å². The summed E-state index contributed by atoms with van der Waals surface area (Å²) < 4.78 is 23.5. The number of quaternary nitrogens is 1. The van der Waals surface area contributed by atoms with Gasteiger partial charge in [0.2, 0.25) is 5.91 Å². The van der Waals surface area contributed by atoms with Crippen LogP contribution in [0, 0.1) is 0 Å². The molecule has 0 aliphatic heterocycles. The number of hydrogen-bond donors (Lipinski definition) is 3. The predicted molar refractivity (Wildman–Crippen MR) is 258 cm³/mol. The van der Waals surface area contributed by atoms with Crippen molar-refractivity contribution in [1.82, 2.24) is 5.32 Å². The third-order valence-electron chi connectivity index (χ3n) is 11.0. The molecule has 0 aliphatic carbocycles. The lowest BCUT2D eigenvalue weighted by molar-refractivity contribution is -0.870. The average molecular weight is 866 g/mol. The van der Waals surface area contributed by atoms with Crippen LogP contribution in [-0.2, 0) is 18.4 Å². The highest BCUT2D eigenvalue weighted by molar-refractivity contribution is 7.47. The summed E-state index contributed by atoms with van der Waals surface area (Å²) in [4.78, 5) is 23.1. The number of carbonyl (C=O) groups is 1. The predicted octanol–water partition coefficient (Wildman–Crippen LogP) is 14.4. The minimum Gasteiger partial charge on any atom is -0.387 e. The fraction of sp³-hybridized carbons (Fsp3) is 0.824. The van der Waals surface area contributed by atoms with Gasteiger partial charge in [-0.25, -0.2) is 4.57 Å². The summed E-state index contributed by atoms with van der Waals surface area (Å²) >= 11 is 0. The van der Waals surface area contributed by atoms with Crippen molar-refractivity contribution in [3.63, 3.8) is 0 Å². The highest BCUT2D eigenvalue weighted by atomic mass is 31.2. The second-order valence-corrected chi connectivity index (χ2v) is 19.6. The van der Waals surface area contributed by atoms with Crippen LogP contribution in [0.4, 0.5) is 0 Å². The van der Waals surface area contributed by atoms with E-state index in [1.165, 1.54) is 148 Å². The topological polar surface area (TPSA) is 105 Å². The molecule has 0 heterocycles. The quantitative estimate of drug-likeness (QED) is 0.0244. The summed E-state index contributed by atoms with van der Waals surface area (Å²) in [6, 6.07) is -0.867. The molecule has 0 rings (SSSR count). The van der Waals surface area contributed by atoms with Crippen LogP contribution in [0.2, 0.25) is 0 Å². The van der Waals surface area contributed by atoms with E-state index in [9.17, 15) is 19.4 Å². The molecule has 3 atom stereocenters. The molecule has 0 aromatic carbocycles. The molecule has 0 aromatic heterocycles. The number of aliphatic hydroxyl groups is 1. The number of allylic oxidation sites excluding steroid dienone is 7. The van der Waals surface area contributed by atoms with Gasteiger partial charge in [0.15, 0.2) is 0 Å². The molecule has 60 heavy (non-hydrogen) atoms. The molecule has 1 amide bonds. The number of rotatable bonds is 45. The zero-order valence-corrected chi connectivity index (χ0v) is 40.8. The lowest BCUT2D eigenvalue weighted by atomic mass is 10.0. The number of phosphoric ester groups is 1. The van der Waals surface area contributed by atoms with E-state index in [0.717, 1.165) is 51.4 Å². The molecule has 0 bridgehead atoms. The van der Waals surface area contributed by atoms with Gasteiger partial charge in [0, 0.05) is 6.42 Å². The molecule has 0 spiro atoms. The van der Waals surface area contributed by atoms with E-state index in [1.54, 1.807) is 6.08 Å². The molecule has 3 unspecified atom stereocenters. The molecular weight excluding hydrogens is 768 g/mol. The number of nitrogens with one attached hydrogen (secondary N) is 1. The minimum absolute atomic E-state index is 0.0531. The Balaban J connectivity index is 4.14. The van der Waals surface area contributed by atoms with E-state index in [1.807, 2.05) is 27.2 Å². The Morgan fingerprint density at radius 2 is 0.950 bits per heavy atom. The van der Waals surface area contributed by atoms with Gasteiger partial charge in [-0.05, 0) is 64.2 Å². The van der Waals surface area contributed by atoms with Crippen molar-refractivity contribution < 1.29 is 32.9 Å². The largest absolute Gasteiger partial charge is 0.472 e. The van der Waals surface area contributed by atoms with Crippen LogP contribution >= 0.6 is 7.82 Å². The van der Waals surface area contributed by atoms with E-state index in [-0.39, 0.29) is 19.1 Å². The van der Waals surface area contributed by atoms with Gasteiger partial charge < -0.3 is 19.8 Å². The minimum atomic E-state index is -4.35. The van der Waals surface area contributed by atoms with Crippen molar-refractivity contribution in [3.05, 3.63) is 48.6 Å². The third-order valence-corrected chi connectivity index (χ3v) is 12.0. The van der Waals surface area contributed by atoms with Crippen LogP contribution in [0.1, 0.15) is 219 Å². The number of likely N-dealkylation sites (N-methyl/N-ethyl adjacent to an activating group) is 1. The van der Waals surface area contributed by atoms with E-state index >= 15 is 0 Å². The number of unbranched alkanes of at least 4 members (excludes halogenated alkanes) is 26. The Kier molecular flexibility index (Phi) is 41.6. The second kappa shape index (κ2) is 42.7. The summed E-state index contributed by atoms with van der Waals surface area (Å²) in [5.74, 6) is -0.192.